The Kier molecular flexibility index (Phi) is 10.6. The Morgan fingerprint density at radius 1 is 0.408 bits per heavy atom. The van der Waals surface area contributed by atoms with Gasteiger partial charge in [0.05, 0.1) is 6.61 Å². The van der Waals surface area contributed by atoms with E-state index in [2.05, 4.69) is 178 Å². The minimum atomic E-state index is 0.603. The van der Waals surface area contributed by atoms with Crippen molar-refractivity contribution in [1.29, 1.82) is 0 Å². The van der Waals surface area contributed by atoms with Crippen LogP contribution in [-0.4, -0.2) is 7.11 Å². The standard InChI is InChI=1S/C46H48N2O/c1-7-35-10-20-41(21-11-35)47(42-22-12-36(8-2)13-23-42)45-28-18-39(30-33(45)4)40-19-29-46(34(5)31-40)48(43-24-14-37(9-3)15-25-43)44-26-16-38(17-27-44)32-49-6/h10-31H,7-9,32H2,1-6H3. The van der Waals surface area contributed by atoms with Crippen LogP contribution in [0.5, 0.6) is 0 Å². The summed E-state index contributed by atoms with van der Waals surface area (Å²) in [6, 6.07) is 49.3. The Bertz CT molecular complexity index is 1930. The highest BCUT2D eigenvalue weighted by molar-refractivity contribution is 5.83. The molecule has 0 spiro atoms. The van der Waals surface area contributed by atoms with Crippen molar-refractivity contribution < 1.29 is 4.74 Å². The molecular formula is C46H48N2O. The van der Waals surface area contributed by atoms with Gasteiger partial charge in [0.15, 0.2) is 0 Å². The second kappa shape index (κ2) is 15.4. The average molecular weight is 645 g/mol. The number of hydrogen-bond donors (Lipinski definition) is 0. The molecule has 6 aromatic rings. The molecule has 3 nitrogen and oxygen atoms in total. The zero-order valence-corrected chi connectivity index (χ0v) is 29.8. The van der Waals surface area contributed by atoms with Crippen molar-refractivity contribution in [3.63, 3.8) is 0 Å². The zero-order chi connectivity index (χ0) is 34.3. The fraction of sp³-hybridized carbons (Fsp3) is 0.217. The highest BCUT2D eigenvalue weighted by Gasteiger charge is 2.18. The van der Waals surface area contributed by atoms with Gasteiger partial charge in [0.2, 0.25) is 0 Å². The maximum atomic E-state index is 5.37. The van der Waals surface area contributed by atoms with E-state index >= 15 is 0 Å². The molecule has 0 aliphatic carbocycles. The summed E-state index contributed by atoms with van der Waals surface area (Å²) in [4.78, 5) is 4.74. The monoisotopic (exact) mass is 644 g/mol. The molecule has 0 N–H and O–H groups in total. The van der Waals surface area contributed by atoms with E-state index in [0.717, 1.165) is 41.9 Å². The largest absolute Gasteiger partial charge is 0.380 e. The third-order valence-electron chi connectivity index (χ3n) is 9.52. The van der Waals surface area contributed by atoms with Crippen LogP contribution in [0, 0.1) is 13.8 Å². The van der Waals surface area contributed by atoms with Crippen molar-refractivity contribution in [3.05, 3.63) is 167 Å². The zero-order valence-electron chi connectivity index (χ0n) is 29.8. The second-order valence-corrected chi connectivity index (χ2v) is 12.8. The summed E-state index contributed by atoms with van der Waals surface area (Å²) >= 11 is 0. The number of anilines is 6. The summed E-state index contributed by atoms with van der Waals surface area (Å²) in [5.41, 5.74) is 17.0. The SMILES string of the molecule is CCc1ccc(N(c2ccc(CC)cc2)c2ccc(-c3ccc(N(c4ccc(CC)cc4)c4ccc(COC)cc4)c(C)c3)cc2C)cc1. The fourth-order valence-corrected chi connectivity index (χ4v) is 6.58. The van der Waals surface area contributed by atoms with Gasteiger partial charge in [0.1, 0.15) is 0 Å². The molecule has 0 fully saturated rings. The quantitative estimate of drug-likeness (QED) is 0.132. The van der Waals surface area contributed by atoms with Gasteiger partial charge in [-0.15, -0.1) is 0 Å². The molecule has 6 rings (SSSR count). The van der Waals surface area contributed by atoms with Crippen molar-refractivity contribution in [2.24, 2.45) is 0 Å². The molecule has 0 aliphatic rings. The van der Waals surface area contributed by atoms with Crippen LogP contribution in [0.1, 0.15) is 54.2 Å². The Morgan fingerprint density at radius 3 is 0.980 bits per heavy atom. The lowest BCUT2D eigenvalue weighted by Crippen LogP contribution is -2.12. The van der Waals surface area contributed by atoms with E-state index < -0.39 is 0 Å². The van der Waals surface area contributed by atoms with Gasteiger partial charge in [-0.1, -0.05) is 81.4 Å². The highest BCUT2D eigenvalue weighted by atomic mass is 16.5. The molecule has 0 radical (unpaired) electrons. The van der Waals surface area contributed by atoms with Crippen molar-refractivity contribution in [1.82, 2.24) is 0 Å². The summed E-state index contributed by atoms with van der Waals surface area (Å²) in [7, 11) is 1.74. The average Bonchev–Trinajstić information content (AvgIpc) is 3.14. The van der Waals surface area contributed by atoms with Crippen LogP contribution in [0.3, 0.4) is 0 Å². The van der Waals surface area contributed by atoms with E-state index in [1.165, 1.54) is 56.0 Å². The molecule has 0 saturated heterocycles. The molecular weight excluding hydrogens is 597 g/mol. The molecule has 0 heterocycles. The summed E-state index contributed by atoms with van der Waals surface area (Å²) in [6.45, 7) is 11.6. The first-order chi connectivity index (χ1) is 23.9. The number of nitrogens with zero attached hydrogens (tertiary/aromatic N) is 2. The normalized spacial score (nSPS) is 11.1. The van der Waals surface area contributed by atoms with Crippen molar-refractivity contribution in [2.45, 2.75) is 60.5 Å². The third-order valence-corrected chi connectivity index (χ3v) is 9.52. The lowest BCUT2D eigenvalue weighted by atomic mass is 9.98. The number of hydrogen-bond acceptors (Lipinski definition) is 3. The van der Waals surface area contributed by atoms with Crippen LogP contribution < -0.4 is 9.80 Å². The minimum Gasteiger partial charge on any atom is -0.380 e. The van der Waals surface area contributed by atoms with E-state index in [9.17, 15) is 0 Å². The number of methoxy groups -OCH3 is 1. The van der Waals surface area contributed by atoms with E-state index in [1.54, 1.807) is 7.11 Å². The molecule has 248 valence electrons. The molecule has 0 amide bonds. The summed E-state index contributed by atoms with van der Waals surface area (Å²) in [5.74, 6) is 0. The molecule has 0 unspecified atom stereocenters. The highest BCUT2D eigenvalue weighted by Crippen LogP contribution is 2.41. The van der Waals surface area contributed by atoms with Crippen molar-refractivity contribution in [2.75, 3.05) is 16.9 Å². The van der Waals surface area contributed by atoms with Crippen LogP contribution in [0.2, 0.25) is 0 Å². The van der Waals surface area contributed by atoms with E-state index in [0.29, 0.717) is 6.61 Å². The number of ether oxygens (including phenoxy) is 1. The maximum Gasteiger partial charge on any atom is 0.0713 e. The predicted molar refractivity (Wildman–Crippen MR) is 210 cm³/mol. The predicted octanol–water partition coefficient (Wildman–Crippen LogP) is 12.7. The van der Waals surface area contributed by atoms with Crippen LogP contribution >= 0.6 is 0 Å². The molecule has 6 aromatic carbocycles. The first-order valence-corrected chi connectivity index (χ1v) is 17.6. The molecule has 49 heavy (non-hydrogen) atoms. The lowest BCUT2D eigenvalue weighted by Gasteiger charge is -2.28. The summed E-state index contributed by atoms with van der Waals surface area (Å²) < 4.78 is 5.37. The van der Waals surface area contributed by atoms with Gasteiger partial charge in [-0.3, -0.25) is 0 Å². The van der Waals surface area contributed by atoms with Gasteiger partial charge in [-0.05, 0) is 150 Å². The van der Waals surface area contributed by atoms with E-state index in [-0.39, 0.29) is 0 Å². The van der Waals surface area contributed by atoms with E-state index in [1.807, 2.05) is 0 Å². The van der Waals surface area contributed by atoms with Gasteiger partial charge < -0.3 is 14.5 Å². The lowest BCUT2D eigenvalue weighted by molar-refractivity contribution is 0.185. The summed E-state index contributed by atoms with van der Waals surface area (Å²) in [6.07, 6.45) is 3.08. The summed E-state index contributed by atoms with van der Waals surface area (Å²) in [5, 5.41) is 0. The maximum absolute atomic E-state index is 5.37. The Hall–Kier alpha value is -5.12. The van der Waals surface area contributed by atoms with Gasteiger partial charge in [0.25, 0.3) is 0 Å². The smallest absolute Gasteiger partial charge is 0.0713 e. The van der Waals surface area contributed by atoms with Gasteiger partial charge in [-0.25, -0.2) is 0 Å². The van der Waals surface area contributed by atoms with Crippen LogP contribution in [0.4, 0.5) is 34.1 Å². The van der Waals surface area contributed by atoms with Gasteiger partial charge >= 0.3 is 0 Å². The Morgan fingerprint density at radius 2 is 0.714 bits per heavy atom. The van der Waals surface area contributed by atoms with Crippen LogP contribution in [0.25, 0.3) is 11.1 Å². The molecule has 0 saturated carbocycles. The molecule has 0 bridgehead atoms. The van der Waals surface area contributed by atoms with Crippen molar-refractivity contribution >= 4 is 34.1 Å². The molecule has 0 aliphatic heterocycles. The fourth-order valence-electron chi connectivity index (χ4n) is 6.58. The molecule has 3 heteroatoms. The second-order valence-electron chi connectivity index (χ2n) is 12.8. The number of rotatable bonds is 12. The number of aryl methyl sites for hydroxylation is 5. The Balaban J connectivity index is 1.36. The molecule has 0 aromatic heterocycles. The topological polar surface area (TPSA) is 15.7 Å². The van der Waals surface area contributed by atoms with Gasteiger partial charge in [0, 0.05) is 41.2 Å². The first kappa shape index (κ1) is 33.8. The first-order valence-electron chi connectivity index (χ1n) is 17.6. The number of benzene rings is 6. The Labute approximate surface area is 293 Å². The van der Waals surface area contributed by atoms with E-state index in [4.69, 9.17) is 4.74 Å². The van der Waals surface area contributed by atoms with Gasteiger partial charge in [-0.2, -0.15) is 0 Å². The van der Waals surface area contributed by atoms with Crippen LogP contribution in [0.15, 0.2) is 133 Å². The van der Waals surface area contributed by atoms with Crippen LogP contribution in [-0.2, 0) is 30.6 Å². The third kappa shape index (κ3) is 7.48. The van der Waals surface area contributed by atoms with Crippen molar-refractivity contribution in [3.8, 4) is 11.1 Å². The minimum absolute atomic E-state index is 0.603. The molecule has 0 atom stereocenters.